The fourth-order valence-corrected chi connectivity index (χ4v) is 2.40. The molecule has 132 valence electrons. The van der Waals surface area contributed by atoms with E-state index in [0.29, 0.717) is 33.6 Å². The summed E-state index contributed by atoms with van der Waals surface area (Å²) in [5, 5.41) is 6.19. The van der Waals surface area contributed by atoms with E-state index in [4.69, 9.17) is 27.9 Å². The Kier molecular flexibility index (Phi) is 7.10. The van der Waals surface area contributed by atoms with Crippen LogP contribution in [0.15, 0.2) is 42.5 Å². The number of para-hydroxylation sites is 1. The average Bonchev–Trinajstić information content (AvgIpc) is 2.57. The third-order valence-electron chi connectivity index (χ3n) is 3.20. The predicted molar refractivity (Wildman–Crippen MR) is 101 cm³/mol. The van der Waals surface area contributed by atoms with Gasteiger partial charge in [0.15, 0.2) is 6.61 Å². The van der Waals surface area contributed by atoms with Gasteiger partial charge in [-0.05, 0) is 36.8 Å². The summed E-state index contributed by atoms with van der Waals surface area (Å²) in [4.78, 5) is 23.7. The third kappa shape index (κ3) is 5.96. The van der Waals surface area contributed by atoms with Gasteiger partial charge in [-0.2, -0.15) is 0 Å². The van der Waals surface area contributed by atoms with E-state index in [1.54, 1.807) is 42.5 Å². The molecule has 5 nitrogen and oxygen atoms in total. The second-order valence-corrected chi connectivity index (χ2v) is 6.07. The number of carbonyl (C=O) groups excluding carboxylic acids is 2. The lowest BCUT2D eigenvalue weighted by atomic mass is 10.2. The number of nitrogens with one attached hydrogen (secondary N) is 2. The zero-order valence-electron chi connectivity index (χ0n) is 13.6. The van der Waals surface area contributed by atoms with Gasteiger partial charge in [0.1, 0.15) is 5.75 Å². The topological polar surface area (TPSA) is 67.4 Å². The first-order valence-electron chi connectivity index (χ1n) is 7.76. The molecule has 0 fully saturated rings. The van der Waals surface area contributed by atoms with Crippen LogP contribution in [0.25, 0.3) is 0 Å². The molecular weight excluding hydrogens is 363 g/mol. The number of ether oxygens (including phenoxy) is 1. The maximum Gasteiger partial charge on any atom is 0.262 e. The predicted octanol–water partition coefficient (Wildman–Crippen LogP) is 4.75. The summed E-state index contributed by atoms with van der Waals surface area (Å²) < 4.78 is 5.38. The molecule has 0 saturated carbocycles. The van der Waals surface area contributed by atoms with Gasteiger partial charge >= 0.3 is 0 Å². The molecule has 0 spiro atoms. The van der Waals surface area contributed by atoms with Crippen LogP contribution in [0.2, 0.25) is 10.0 Å². The zero-order valence-corrected chi connectivity index (χ0v) is 15.2. The molecule has 0 aliphatic carbocycles. The first-order chi connectivity index (χ1) is 12.0. The number of anilines is 2. The van der Waals surface area contributed by atoms with Crippen molar-refractivity contribution in [3.05, 3.63) is 52.5 Å². The van der Waals surface area contributed by atoms with E-state index in [2.05, 4.69) is 10.6 Å². The van der Waals surface area contributed by atoms with Crippen molar-refractivity contribution in [2.45, 2.75) is 19.8 Å². The van der Waals surface area contributed by atoms with Crippen LogP contribution in [0.5, 0.6) is 5.75 Å². The molecule has 2 aromatic rings. The van der Waals surface area contributed by atoms with Gasteiger partial charge < -0.3 is 15.4 Å². The molecule has 2 rings (SSSR count). The monoisotopic (exact) mass is 380 g/mol. The van der Waals surface area contributed by atoms with Crippen molar-refractivity contribution in [2.24, 2.45) is 0 Å². The van der Waals surface area contributed by atoms with E-state index in [9.17, 15) is 9.59 Å². The van der Waals surface area contributed by atoms with Gasteiger partial charge in [0.05, 0.1) is 15.7 Å². The number of hydrogen-bond acceptors (Lipinski definition) is 3. The molecule has 0 unspecified atom stereocenters. The fraction of sp³-hybridized carbons (Fsp3) is 0.222. The second kappa shape index (κ2) is 9.30. The normalized spacial score (nSPS) is 10.2. The molecule has 0 aliphatic heterocycles. The highest BCUT2D eigenvalue weighted by Gasteiger charge is 2.10. The second-order valence-electron chi connectivity index (χ2n) is 5.26. The third-order valence-corrected chi connectivity index (χ3v) is 3.84. The summed E-state index contributed by atoms with van der Waals surface area (Å²) in [5.74, 6) is -0.0611. The van der Waals surface area contributed by atoms with Gasteiger partial charge in [0.25, 0.3) is 5.91 Å². The number of carbonyl (C=O) groups is 2. The summed E-state index contributed by atoms with van der Waals surface area (Å²) >= 11 is 12.1. The van der Waals surface area contributed by atoms with Gasteiger partial charge in [-0.25, -0.2) is 0 Å². The van der Waals surface area contributed by atoms with E-state index in [1.807, 2.05) is 6.92 Å². The lowest BCUT2D eigenvalue weighted by molar-refractivity contribution is -0.118. The molecule has 0 heterocycles. The average molecular weight is 381 g/mol. The zero-order chi connectivity index (χ0) is 18.2. The van der Waals surface area contributed by atoms with Crippen molar-refractivity contribution in [3.63, 3.8) is 0 Å². The Labute approximate surface area is 156 Å². The van der Waals surface area contributed by atoms with Crippen LogP contribution in [0.1, 0.15) is 19.8 Å². The maximum atomic E-state index is 12.1. The molecule has 0 saturated heterocycles. The standard InChI is InChI=1S/C18H18Cl2N2O3/c1-2-5-17(23)21-12-8-9-13(19)15(10-12)22-18(24)11-25-16-7-4-3-6-14(16)20/h3-4,6-10H,2,5,11H2,1H3,(H,21,23)(H,22,24). The van der Waals surface area contributed by atoms with Gasteiger partial charge in [-0.1, -0.05) is 42.3 Å². The molecule has 2 N–H and O–H groups in total. The van der Waals surface area contributed by atoms with Crippen LogP contribution in [0.3, 0.4) is 0 Å². The summed E-state index contributed by atoms with van der Waals surface area (Å²) in [6, 6.07) is 11.8. The highest BCUT2D eigenvalue weighted by Crippen LogP contribution is 2.26. The van der Waals surface area contributed by atoms with Gasteiger partial charge in [0, 0.05) is 12.1 Å². The van der Waals surface area contributed by atoms with E-state index in [1.165, 1.54) is 0 Å². The fourth-order valence-electron chi connectivity index (χ4n) is 2.04. The summed E-state index contributed by atoms with van der Waals surface area (Å²) in [5.41, 5.74) is 0.953. The van der Waals surface area contributed by atoms with E-state index < -0.39 is 0 Å². The molecule has 2 aromatic carbocycles. The molecule has 7 heteroatoms. The van der Waals surface area contributed by atoms with Crippen LogP contribution in [0.4, 0.5) is 11.4 Å². The van der Waals surface area contributed by atoms with Crippen molar-refractivity contribution in [2.75, 3.05) is 17.2 Å². The minimum atomic E-state index is -0.390. The minimum Gasteiger partial charge on any atom is -0.482 e. The number of hydrogen-bond donors (Lipinski definition) is 2. The Morgan fingerprint density at radius 2 is 1.76 bits per heavy atom. The summed E-state index contributed by atoms with van der Waals surface area (Å²) in [7, 11) is 0. The quantitative estimate of drug-likeness (QED) is 0.727. The Bertz CT molecular complexity index is 766. The molecule has 0 atom stereocenters. The number of benzene rings is 2. The van der Waals surface area contributed by atoms with E-state index in [-0.39, 0.29) is 18.4 Å². The number of rotatable bonds is 7. The van der Waals surface area contributed by atoms with Crippen molar-refractivity contribution < 1.29 is 14.3 Å². The first-order valence-corrected chi connectivity index (χ1v) is 8.51. The van der Waals surface area contributed by atoms with Crippen LogP contribution in [-0.4, -0.2) is 18.4 Å². The molecular formula is C18H18Cl2N2O3. The Hall–Kier alpha value is -2.24. The SMILES string of the molecule is CCCC(=O)Nc1ccc(Cl)c(NC(=O)COc2ccccc2Cl)c1. The molecule has 2 amide bonds. The molecule has 0 aromatic heterocycles. The Morgan fingerprint density at radius 3 is 2.48 bits per heavy atom. The number of halogens is 2. The van der Waals surface area contributed by atoms with E-state index in [0.717, 1.165) is 6.42 Å². The van der Waals surface area contributed by atoms with Crippen LogP contribution in [-0.2, 0) is 9.59 Å². The van der Waals surface area contributed by atoms with Crippen LogP contribution < -0.4 is 15.4 Å². The summed E-state index contributed by atoms with van der Waals surface area (Å²) in [6.07, 6.45) is 1.18. The van der Waals surface area contributed by atoms with Gasteiger partial charge in [-0.3, -0.25) is 9.59 Å². The minimum absolute atomic E-state index is 0.0934. The lowest BCUT2D eigenvalue weighted by Crippen LogP contribution is -2.20. The maximum absolute atomic E-state index is 12.1. The number of amides is 2. The van der Waals surface area contributed by atoms with E-state index >= 15 is 0 Å². The highest BCUT2D eigenvalue weighted by atomic mass is 35.5. The van der Waals surface area contributed by atoms with Crippen LogP contribution in [0, 0.1) is 0 Å². The van der Waals surface area contributed by atoms with Gasteiger partial charge in [-0.15, -0.1) is 0 Å². The highest BCUT2D eigenvalue weighted by molar-refractivity contribution is 6.34. The van der Waals surface area contributed by atoms with Gasteiger partial charge in [0.2, 0.25) is 5.91 Å². The van der Waals surface area contributed by atoms with Crippen LogP contribution >= 0.6 is 23.2 Å². The van der Waals surface area contributed by atoms with Crippen molar-refractivity contribution in [3.8, 4) is 5.75 Å². The summed E-state index contributed by atoms with van der Waals surface area (Å²) in [6.45, 7) is 1.71. The van der Waals surface area contributed by atoms with Crippen molar-refractivity contribution in [1.29, 1.82) is 0 Å². The molecule has 0 radical (unpaired) electrons. The largest absolute Gasteiger partial charge is 0.482 e. The first kappa shape index (κ1) is 19.1. The molecule has 0 bridgehead atoms. The van der Waals surface area contributed by atoms with Crippen molar-refractivity contribution >= 4 is 46.4 Å². The Balaban J connectivity index is 1.97. The molecule has 0 aliphatic rings. The smallest absolute Gasteiger partial charge is 0.262 e. The Morgan fingerprint density at radius 1 is 1.00 bits per heavy atom. The van der Waals surface area contributed by atoms with Crippen molar-refractivity contribution in [1.82, 2.24) is 0 Å². The molecule has 25 heavy (non-hydrogen) atoms. The lowest BCUT2D eigenvalue weighted by Gasteiger charge is -2.11.